The van der Waals surface area contributed by atoms with Crippen molar-refractivity contribution in [2.24, 2.45) is 5.41 Å². The zero-order chi connectivity index (χ0) is 17.5. The van der Waals surface area contributed by atoms with Crippen LogP contribution in [-0.2, 0) is 4.74 Å². The van der Waals surface area contributed by atoms with Crippen molar-refractivity contribution in [3.63, 3.8) is 0 Å². The Balaban J connectivity index is 1.66. The first-order valence-electron chi connectivity index (χ1n) is 8.71. The number of amides is 1. The van der Waals surface area contributed by atoms with Crippen LogP contribution in [0.15, 0.2) is 6.07 Å². The SMILES string of the molecule is Cc1cc(C)c(N2CCC3(CCN(C(=O)OC(C)(C)C)C3)C2)nn1. The van der Waals surface area contributed by atoms with Crippen molar-refractivity contribution in [3.05, 3.63) is 17.3 Å². The number of rotatable bonds is 1. The third kappa shape index (κ3) is 3.47. The molecule has 2 fully saturated rings. The second-order valence-electron chi connectivity index (χ2n) is 8.32. The molecule has 6 heteroatoms. The molecule has 0 aromatic carbocycles. The summed E-state index contributed by atoms with van der Waals surface area (Å²) in [6.07, 6.45) is 1.92. The highest BCUT2D eigenvalue weighted by atomic mass is 16.6. The molecule has 24 heavy (non-hydrogen) atoms. The number of ether oxygens (including phenoxy) is 1. The van der Waals surface area contributed by atoms with Crippen LogP contribution in [0.25, 0.3) is 0 Å². The van der Waals surface area contributed by atoms with E-state index in [1.165, 1.54) is 5.56 Å². The summed E-state index contributed by atoms with van der Waals surface area (Å²) in [6, 6.07) is 2.08. The molecule has 132 valence electrons. The van der Waals surface area contributed by atoms with Gasteiger partial charge in [-0.05, 0) is 59.1 Å². The second kappa shape index (κ2) is 5.90. The minimum atomic E-state index is -0.441. The summed E-state index contributed by atoms with van der Waals surface area (Å²) in [4.78, 5) is 16.5. The molecule has 3 heterocycles. The van der Waals surface area contributed by atoms with E-state index in [4.69, 9.17) is 4.74 Å². The first kappa shape index (κ1) is 17.0. The zero-order valence-corrected chi connectivity index (χ0v) is 15.4. The largest absolute Gasteiger partial charge is 0.444 e. The van der Waals surface area contributed by atoms with E-state index in [1.807, 2.05) is 32.6 Å². The van der Waals surface area contributed by atoms with E-state index in [0.29, 0.717) is 0 Å². The maximum absolute atomic E-state index is 12.3. The van der Waals surface area contributed by atoms with Crippen molar-refractivity contribution in [3.8, 4) is 0 Å². The molecular weight excluding hydrogens is 304 g/mol. The Labute approximate surface area is 144 Å². The van der Waals surface area contributed by atoms with E-state index >= 15 is 0 Å². The van der Waals surface area contributed by atoms with Crippen molar-refractivity contribution in [2.75, 3.05) is 31.1 Å². The molecule has 1 amide bonds. The summed E-state index contributed by atoms with van der Waals surface area (Å²) in [6.45, 7) is 13.2. The summed E-state index contributed by atoms with van der Waals surface area (Å²) in [5, 5.41) is 8.59. The molecule has 0 saturated carbocycles. The normalized spacial score (nSPS) is 24.0. The van der Waals surface area contributed by atoms with Gasteiger partial charge in [0, 0.05) is 31.6 Å². The predicted molar refractivity (Wildman–Crippen MR) is 93.2 cm³/mol. The van der Waals surface area contributed by atoms with E-state index in [1.54, 1.807) is 0 Å². The molecule has 2 aliphatic heterocycles. The number of hydrogen-bond donors (Lipinski definition) is 0. The summed E-state index contributed by atoms with van der Waals surface area (Å²) >= 11 is 0. The van der Waals surface area contributed by atoms with Crippen LogP contribution in [0.1, 0.15) is 44.9 Å². The maximum atomic E-state index is 12.3. The Morgan fingerprint density at radius 3 is 2.54 bits per heavy atom. The Morgan fingerprint density at radius 2 is 1.88 bits per heavy atom. The number of carbonyl (C=O) groups is 1. The lowest BCUT2D eigenvalue weighted by Gasteiger charge is -2.27. The Hall–Kier alpha value is -1.85. The van der Waals surface area contributed by atoms with Crippen LogP contribution < -0.4 is 4.90 Å². The first-order valence-corrected chi connectivity index (χ1v) is 8.71. The second-order valence-corrected chi connectivity index (χ2v) is 8.32. The Kier molecular flexibility index (Phi) is 4.18. The van der Waals surface area contributed by atoms with Gasteiger partial charge in [-0.1, -0.05) is 0 Å². The number of anilines is 1. The minimum Gasteiger partial charge on any atom is -0.444 e. The fourth-order valence-electron chi connectivity index (χ4n) is 3.79. The molecule has 0 aliphatic carbocycles. The van der Waals surface area contributed by atoms with Crippen molar-refractivity contribution < 1.29 is 9.53 Å². The molecule has 3 rings (SSSR count). The van der Waals surface area contributed by atoms with E-state index in [0.717, 1.165) is 50.5 Å². The molecule has 1 aromatic heterocycles. The van der Waals surface area contributed by atoms with E-state index in [2.05, 4.69) is 28.1 Å². The molecule has 1 spiro atoms. The smallest absolute Gasteiger partial charge is 0.410 e. The van der Waals surface area contributed by atoms with Crippen LogP contribution in [0.5, 0.6) is 0 Å². The van der Waals surface area contributed by atoms with Crippen LogP contribution in [-0.4, -0.2) is 53.0 Å². The molecule has 6 nitrogen and oxygen atoms in total. The van der Waals surface area contributed by atoms with Crippen LogP contribution in [0.4, 0.5) is 10.6 Å². The third-order valence-corrected chi connectivity index (χ3v) is 4.91. The number of aryl methyl sites for hydroxylation is 2. The van der Waals surface area contributed by atoms with Crippen molar-refractivity contribution in [2.45, 2.75) is 53.1 Å². The number of carbonyl (C=O) groups excluding carboxylic acids is 1. The molecular formula is C18H28N4O2. The van der Waals surface area contributed by atoms with Gasteiger partial charge in [0.1, 0.15) is 5.60 Å². The molecule has 1 unspecified atom stereocenters. The summed E-state index contributed by atoms with van der Waals surface area (Å²) in [5.74, 6) is 0.980. The number of nitrogens with zero attached hydrogens (tertiary/aromatic N) is 4. The quantitative estimate of drug-likeness (QED) is 0.791. The minimum absolute atomic E-state index is 0.163. The van der Waals surface area contributed by atoms with Gasteiger partial charge in [-0.3, -0.25) is 0 Å². The van der Waals surface area contributed by atoms with Gasteiger partial charge >= 0.3 is 6.09 Å². The lowest BCUT2D eigenvalue weighted by atomic mass is 9.86. The van der Waals surface area contributed by atoms with Gasteiger partial charge in [-0.25, -0.2) is 4.79 Å². The Bertz CT molecular complexity index is 640. The third-order valence-electron chi connectivity index (χ3n) is 4.91. The van der Waals surface area contributed by atoms with Crippen LogP contribution in [0.2, 0.25) is 0 Å². The van der Waals surface area contributed by atoms with Gasteiger partial charge in [0.25, 0.3) is 0 Å². The average Bonchev–Trinajstić information content (AvgIpc) is 3.05. The summed E-state index contributed by atoms with van der Waals surface area (Å²) in [7, 11) is 0. The van der Waals surface area contributed by atoms with Crippen LogP contribution >= 0.6 is 0 Å². The van der Waals surface area contributed by atoms with Crippen molar-refractivity contribution in [1.82, 2.24) is 15.1 Å². The summed E-state index contributed by atoms with van der Waals surface area (Å²) in [5.41, 5.74) is 1.84. The van der Waals surface area contributed by atoms with Crippen molar-refractivity contribution >= 4 is 11.9 Å². The van der Waals surface area contributed by atoms with Gasteiger partial charge < -0.3 is 14.5 Å². The molecule has 1 atom stereocenters. The molecule has 0 N–H and O–H groups in total. The lowest BCUT2D eigenvalue weighted by Crippen LogP contribution is -2.37. The van der Waals surface area contributed by atoms with Gasteiger partial charge in [0.15, 0.2) is 5.82 Å². The fraction of sp³-hybridized carbons (Fsp3) is 0.722. The summed E-state index contributed by atoms with van der Waals surface area (Å²) < 4.78 is 5.52. The van der Waals surface area contributed by atoms with Gasteiger partial charge in [0.2, 0.25) is 0 Å². The van der Waals surface area contributed by atoms with E-state index in [-0.39, 0.29) is 11.5 Å². The highest BCUT2D eigenvalue weighted by Gasteiger charge is 2.46. The first-order chi connectivity index (χ1) is 11.2. The van der Waals surface area contributed by atoms with E-state index in [9.17, 15) is 4.79 Å². The number of likely N-dealkylation sites (tertiary alicyclic amines) is 1. The highest BCUT2D eigenvalue weighted by Crippen LogP contribution is 2.41. The number of hydrogen-bond acceptors (Lipinski definition) is 5. The van der Waals surface area contributed by atoms with Crippen LogP contribution in [0.3, 0.4) is 0 Å². The lowest BCUT2D eigenvalue weighted by molar-refractivity contribution is 0.0276. The van der Waals surface area contributed by atoms with Crippen molar-refractivity contribution in [1.29, 1.82) is 0 Å². The fourth-order valence-corrected chi connectivity index (χ4v) is 3.79. The van der Waals surface area contributed by atoms with Crippen LogP contribution in [0, 0.1) is 19.3 Å². The van der Waals surface area contributed by atoms with Gasteiger partial charge in [0.05, 0.1) is 5.69 Å². The topological polar surface area (TPSA) is 58.6 Å². The maximum Gasteiger partial charge on any atom is 0.410 e. The standard InChI is InChI=1S/C18H28N4O2/c1-13-10-14(2)19-20-15(13)21-8-6-18(11-21)7-9-22(12-18)16(23)24-17(3,4)5/h10H,6-9,11-12H2,1-5H3. The predicted octanol–water partition coefficient (Wildman–Crippen LogP) is 2.93. The zero-order valence-electron chi connectivity index (χ0n) is 15.4. The van der Waals surface area contributed by atoms with E-state index < -0.39 is 5.60 Å². The van der Waals surface area contributed by atoms with Gasteiger partial charge in [-0.15, -0.1) is 5.10 Å². The van der Waals surface area contributed by atoms with Gasteiger partial charge in [-0.2, -0.15) is 5.10 Å². The molecule has 2 aliphatic rings. The molecule has 0 bridgehead atoms. The molecule has 0 radical (unpaired) electrons. The average molecular weight is 332 g/mol. The molecule has 2 saturated heterocycles. The number of aromatic nitrogens is 2. The highest BCUT2D eigenvalue weighted by molar-refractivity contribution is 5.68. The monoisotopic (exact) mass is 332 g/mol. The molecule has 1 aromatic rings. The Morgan fingerprint density at radius 1 is 1.17 bits per heavy atom.